The van der Waals surface area contributed by atoms with Gasteiger partial charge in [-0.05, 0) is 24.3 Å². The van der Waals surface area contributed by atoms with Crippen molar-refractivity contribution >= 4 is 11.8 Å². The quantitative estimate of drug-likeness (QED) is 0.749. The van der Waals surface area contributed by atoms with Crippen LogP contribution >= 0.6 is 11.8 Å². The van der Waals surface area contributed by atoms with E-state index in [-0.39, 0.29) is 5.82 Å². The standard InChI is InChI=1S/C20H22FN3S/c21-19-3-1-2-4-20(19)25-14-13-23-9-11-24(12-10-23)16-18-7-5-17(15-22)6-8-18/h1-8H,9-14,16H2/p+2. The van der Waals surface area contributed by atoms with Crippen LogP contribution in [0.2, 0.25) is 0 Å². The number of halogens is 1. The van der Waals surface area contributed by atoms with Gasteiger partial charge >= 0.3 is 0 Å². The molecule has 0 bridgehead atoms. The lowest BCUT2D eigenvalue weighted by molar-refractivity contribution is -1.02. The monoisotopic (exact) mass is 357 g/mol. The smallest absolute Gasteiger partial charge is 0.136 e. The first kappa shape index (κ1) is 17.9. The molecule has 0 unspecified atom stereocenters. The summed E-state index contributed by atoms with van der Waals surface area (Å²) >= 11 is 1.62. The SMILES string of the molecule is N#Cc1ccc(C[NH+]2CC[NH+](CCSc3ccccc3F)CC2)cc1. The fourth-order valence-corrected chi connectivity index (χ4v) is 4.23. The molecule has 0 radical (unpaired) electrons. The Hall–Kier alpha value is -1.87. The second-order valence-electron chi connectivity index (χ2n) is 6.51. The van der Waals surface area contributed by atoms with E-state index in [0.29, 0.717) is 0 Å². The van der Waals surface area contributed by atoms with Crippen LogP contribution in [0.3, 0.4) is 0 Å². The maximum Gasteiger partial charge on any atom is 0.136 e. The number of benzene rings is 2. The highest BCUT2D eigenvalue weighted by Crippen LogP contribution is 2.19. The number of thioether (sulfide) groups is 1. The van der Waals surface area contributed by atoms with Crippen molar-refractivity contribution in [1.29, 1.82) is 5.26 Å². The topological polar surface area (TPSA) is 32.7 Å². The fourth-order valence-electron chi connectivity index (χ4n) is 3.24. The van der Waals surface area contributed by atoms with E-state index in [2.05, 4.69) is 18.2 Å². The van der Waals surface area contributed by atoms with Crippen LogP contribution in [0.25, 0.3) is 0 Å². The van der Waals surface area contributed by atoms with Crippen molar-refractivity contribution in [3.05, 3.63) is 65.5 Å². The molecular weight excluding hydrogens is 333 g/mol. The van der Waals surface area contributed by atoms with Crippen LogP contribution in [0, 0.1) is 17.1 Å². The summed E-state index contributed by atoms with van der Waals surface area (Å²) in [6.07, 6.45) is 0. The van der Waals surface area contributed by atoms with Gasteiger partial charge in [-0.25, -0.2) is 4.39 Å². The summed E-state index contributed by atoms with van der Waals surface area (Å²) in [5.74, 6) is 0.848. The van der Waals surface area contributed by atoms with E-state index < -0.39 is 0 Å². The van der Waals surface area contributed by atoms with E-state index in [4.69, 9.17) is 5.26 Å². The van der Waals surface area contributed by atoms with Gasteiger partial charge in [0.05, 0.1) is 18.2 Å². The second-order valence-corrected chi connectivity index (χ2v) is 7.65. The molecule has 5 heteroatoms. The van der Waals surface area contributed by atoms with Crippen LogP contribution < -0.4 is 9.80 Å². The zero-order valence-electron chi connectivity index (χ0n) is 14.3. The Bertz CT molecular complexity index is 718. The minimum atomic E-state index is -0.112. The number of quaternary nitrogens is 2. The van der Waals surface area contributed by atoms with Crippen LogP contribution in [-0.4, -0.2) is 38.5 Å². The summed E-state index contributed by atoms with van der Waals surface area (Å²) in [5, 5.41) is 8.86. The number of hydrogen-bond donors (Lipinski definition) is 2. The zero-order chi connectivity index (χ0) is 17.5. The van der Waals surface area contributed by atoms with Crippen LogP contribution in [0.15, 0.2) is 53.4 Å². The van der Waals surface area contributed by atoms with Gasteiger partial charge in [-0.3, -0.25) is 0 Å². The Morgan fingerprint density at radius 1 is 0.960 bits per heavy atom. The molecule has 1 aliphatic rings. The van der Waals surface area contributed by atoms with Crippen LogP contribution in [0.1, 0.15) is 11.1 Å². The second kappa shape index (κ2) is 9.00. The third kappa shape index (κ3) is 5.30. The van der Waals surface area contributed by atoms with Crippen molar-refractivity contribution in [3.8, 4) is 6.07 Å². The van der Waals surface area contributed by atoms with Gasteiger partial charge in [-0.15, -0.1) is 11.8 Å². The highest BCUT2D eigenvalue weighted by molar-refractivity contribution is 7.99. The van der Waals surface area contributed by atoms with E-state index in [1.165, 1.54) is 37.8 Å². The number of nitriles is 1. The maximum absolute atomic E-state index is 13.6. The number of piperazine rings is 1. The van der Waals surface area contributed by atoms with Gasteiger partial charge in [0.15, 0.2) is 0 Å². The first-order valence-corrected chi connectivity index (χ1v) is 9.76. The molecule has 0 spiro atoms. The fraction of sp³-hybridized carbons (Fsp3) is 0.350. The van der Waals surface area contributed by atoms with Crippen molar-refractivity contribution < 1.29 is 14.2 Å². The van der Waals surface area contributed by atoms with E-state index in [9.17, 15) is 4.39 Å². The third-order valence-corrected chi connectivity index (χ3v) is 5.80. The highest BCUT2D eigenvalue weighted by Gasteiger charge is 2.22. The number of nitrogens with zero attached hydrogens (tertiary/aromatic N) is 1. The van der Waals surface area contributed by atoms with Crippen molar-refractivity contribution in [3.63, 3.8) is 0 Å². The minimum Gasteiger partial charge on any atom is -0.325 e. The van der Waals surface area contributed by atoms with Crippen molar-refractivity contribution in [2.24, 2.45) is 0 Å². The lowest BCUT2D eigenvalue weighted by Gasteiger charge is -2.29. The molecule has 2 aromatic carbocycles. The van der Waals surface area contributed by atoms with E-state index >= 15 is 0 Å². The molecule has 0 atom stereocenters. The number of hydrogen-bond acceptors (Lipinski definition) is 2. The molecule has 130 valence electrons. The molecule has 0 aromatic heterocycles. The Labute approximate surface area is 153 Å². The number of nitrogens with one attached hydrogen (secondary N) is 2. The van der Waals surface area contributed by atoms with Gasteiger partial charge in [0, 0.05) is 16.2 Å². The van der Waals surface area contributed by atoms with E-state index in [1.54, 1.807) is 27.6 Å². The highest BCUT2D eigenvalue weighted by atomic mass is 32.2. The molecule has 2 N–H and O–H groups in total. The van der Waals surface area contributed by atoms with Crippen LogP contribution in [0.5, 0.6) is 0 Å². The summed E-state index contributed by atoms with van der Waals surface area (Å²) in [6.45, 7) is 6.79. The van der Waals surface area contributed by atoms with Gasteiger partial charge in [-0.2, -0.15) is 5.26 Å². The van der Waals surface area contributed by atoms with Crippen molar-refractivity contribution in [1.82, 2.24) is 0 Å². The molecule has 1 saturated heterocycles. The Morgan fingerprint density at radius 3 is 2.32 bits per heavy atom. The van der Waals surface area contributed by atoms with Gasteiger partial charge in [0.2, 0.25) is 0 Å². The predicted octanol–water partition coefficient (Wildman–Crippen LogP) is 0.773. The normalized spacial score (nSPS) is 20.2. The van der Waals surface area contributed by atoms with Crippen molar-refractivity contribution in [2.75, 3.05) is 38.5 Å². The summed E-state index contributed by atoms with van der Waals surface area (Å²) < 4.78 is 13.6. The molecular formula is C20H24FN3S+2. The van der Waals surface area contributed by atoms with Crippen molar-refractivity contribution in [2.45, 2.75) is 11.4 Å². The lowest BCUT2D eigenvalue weighted by Crippen LogP contribution is -3.27. The predicted molar refractivity (Wildman–Crippen MR) is 98.2 cm³/mol. The molecule has 25 heavy (non-hydrogen) atoms. The molecule has 1 aliphatic heterocycles. The third-order valence-electron chi connectivity index (χ3n) is 4.75. The van der Waals surface area contributed by atoms with Gasteiger partial charge in [0.25, 0.3) is 0 Å². The minimum absolute atomic E-state index is 0.112. The summed E-state index contributed by atoms with van der Waals surface area (Å²) in [6, 6.07) is 17.1. The first-order valence-electron chi connectivity index (χ1n) is 8.78. The molecule has 2 aromatic rings. The Balaban J connectivity index is 1.38. The molecule has 3 nitrogen and oxygen atoms in total. The molecule has 3 rings (SSSR count). The van der Waals surface area contributed by atoms with E-state index in [1.807, 2.05) is 24.3 Å². The average molecular weight is 357 g/mol. The molecule has 1 heterocycles. The first-order chi connectivity index (χ1) is 12.2. The average Bonchev–Trinajstić information content (AvgIpc) is 2.65. The Kier molecular flexibility index (Phi) is 6.46. The maximum atomic E-state index is 13.6. The molecule has 0 saturated carbocycles. The molecule has 1 fully saturated rings. The Morgan fingerprint density at radius 2 is 1.64 bits per heavy atom. The van der Waals surface area contributed by atoms with E-state index in [0.717, 1.165) is 29.3 Å². The summed E-state index contributed by atoms with van der Waals surface area (Å²) in [4.78, 5) is 3.98. The summed E-state index contributed by atoms with van der Waals surface area (Å²) in [5.41, 5.74) is 2.02. The lowest BCUT2D eigenvalue weighted by atomic mass is 10.1. The molecule has 0 amide bonds. The van der Waals surface area contributed by atoms with Crippen LogP contribution in [-0.2, 0) is 6.54 Å². The largest absolute Gasteiger partial charge is 0.325 e. The van der Waals surface area contributed by atoms with Gasteiger partial charge in [-0.1, -0.05) is 24.3 Å². The van der Waals surface area contributed by atoms with Crippen LogP contribution in [0.4, 0.5) is 4.39 Å². The zero-order valence-corrected chi connectivity index (χ0v) is 15.1. The molecule has 0 aliphatic carbocycles. The summed E-state index contributed by atoms with van der Waals surface area (Å²) in [7, 11) is 0. The van der Waals surface area contributed by atoms with Gasteiger partial charge in [0.1, 0.15) is 38.5 Å². The van der Waals surface area contributed by atoms with Gasteiger partial charge < -0.3 is 9.80 Å². The number of rotatable bonds is 6.